The van der Waals surface area contributed by atoms with Crippen LogP contribution in [0.25, 0.3) is 10.4 Å². The minimum atomic E-state index is -0.0301. The molecule has 1 amide bonds. The van der Waals surface area contributed by atoms with Crippen molar-refractivity contribution in [3.63, 3.8) is 0 Å². The third-order valence-corrected chi connectivity index (χ3v) is 6.59. The number of aromatic nitrogens is 1. The standard InChI is InChI=1S/C12H11N2O2S.C7H15NO.C6H13N.CHO.Re.Rf.W/c1-8-12(17-7-14-8)9-2-3-10(5-13-6-15)11(16)4-9;1-7(2,3)6(5-9)8-4;1-6-4-3-5-7(6)2;1-2;;;/h2-7,16H,1H3,(H,13,15);5-6,8H,1-4H3;6H,3-5H2,1-2H3;1H;;;/q-1;;;-1;;;. The number of carbonyl (C=O) groups is 2. The van der Waals surface area contributed by atoms with E-state index >= 15 is 0 Å². The van der Waals surface area contributed by atoms with Crippen LogP contribution in [0.1, 0.15) is 51.8 Å². The molecule has 12 heteroatoms. The van der Waals surface area contributed by atoms with Crippen molar-refractivity contribution in [1.29, 1.82) is 0 Å². The summed E-state index contributed by atoms with van der Waals surface area (Å²) in [7, 11) is 3.99. The van der Waals surface area contributed by atoms with Crippen LogP contribution >= 0.6 is 11.3 Å². The van der Waals surface area contributed by atoms with Gasteiger partial charge in [0.05, 0.1) is 22.1 Å². The molecule has 1 radical (unpaired) electrons. The van der Waals surface area contributed by atoms with Crippen LogP contribution in [0.15, 0.2) is 23.7 Å². The van der Waals surface area contributed by atoms with Gasteiger partial charge in [-0.05, 0) is 58.3 Å². The number of carbonyl (C=O) groups excluding carboxylic acids is 3. The molecule has 3 rings (SSSR count). The first kappa shape index (κ1) is 42.7. The quantitative estimate of drug-likeness (QED) is 0.299. The molecule has 0 saturated carbocycles. The maximum atomic E-state index is 10.3. The van der Waals surface area contributed by atoms with Crippen LogP contribution in [0, 0.1) is 18.9 Å². The monoisotopic (exact) mass is 1140 g/mol. The summed E-state index contributed by atoms with van der Waals surface area (Å²) in [5.41, 5.74) is 4.25. The number of aryl methyl sites for hydroxylation is 1. The van der Waals surface area contributed by atoms with Crippen LogP contribution in [0.2, 0.25) is 0 Å². The molecule has 2 atom stereocenters. The van der Waals surface area contributed by atoms with Crippen LogP contribution in [0.4, 0.5) is 0 Å². The van der Waals surface area contributed by atoms with E-state index < -0.39 is 0 Å². The summed E-state index contributed by atoms with van der Waals surface area (Å²) in [4.78, 5) is 35.8. The summed E-state index contributed by atoms with van der Waals surface area (Å²) in [6, 6.07) is 6.12. The normalized spacial score (nSPS) is 14.4. The molecule has 1 fully saturated rings. The van der Waals surface area contributed by atoms with Crippen molar-refractivity contribution in [2.45, 2.75) is 59.5 Å². The number of benzene rings is 1. The molecule has 8 nitrogen and oxygen atoms in total. The molecule has 211 valence electrons. The van der Waals surface area contributed by atoms with E-state index in [4.69, 9.17) is 4.79 Å². The van der Waals surface area contributed by atoms with E-state index in [1.807, 2.05) is 33.8 Å². The number of nitrogens with one attached hydrogen (secondary N) is 2. The Morgan fingerprint density at radius 1 is 1.29 bits per heavy atom. The van der Waals surface area contributed by atoms with Crippen LogP contribution < -0.4 is 10.6 Å². The summed E-state index contributed by atoms with van der Waals surface area (Å²) >= 11 is 1.53. The summed E-state index contributed by atoms with van der Waals surface area (Å²) in [6.07, 6.45) is 4.30. The first-order valence-corrected chi connectivity index (χ1v) is 12.3. The van der Waals surface area contributed by atoms with E-state index in [2.05, 4.69) is 41.3 Å². The van der Waals surface area contributed by atoms with E-state index in [1.54, 1.807) is 24.7 Å². The molecule has 2 unspecified atom stereocenters. The molecule has 1 aliphatic rings. The van der Waals surface area contributed by atoms with E-state index in [1.165, 1.54) is 37.3 Å². The van der Waals surface area contributed by atoms with Crippen LogP contribution in [-0.2, 0) is 55.9 Å². The zero-order chi connectivity index (χ0) is 27.0. The number of amides is 1. The van der Waals surface area contributed by atoms with Crippen molar-refractivity contribution in [2.75, 3.05) is 20.6 Å². The molecule has 3 N–H and O–H groups in total. The van der Waals surface area contributed by atoms with Gasteiger partial charge in [0.15, 0.2) is 6.41 Å². The Hall–Kier alpha value is -2.40. The smallest absolute Gasteiger partial charge is 0.200 e. The van der Waals surface area contributed by atoms with Crippen LogP contribution in [0.5, 0.6) is 5.75 Å². The molecular formula is C26H40N4O4ReRfSW-2. The molecule has 1 aliphatic heterocycles. The Bertz CT molecular complexity index is 894. The zero-order valence-corrected chi connectivity index (χ0v) is 36.2. The van der Waals surface area contributed by atoms with Gasteiger partial charge in [-0.15, -0.1) is 23.0 Å². The van der Waals surface area contributed by atoms with Crippen molar-refractivity contribution < 1.29 is 61.0 Å². The van der Waals surface area contributed by atoms with Gasteiger partial charge in [0.25, 0.3) is 0 Å². The van der Waals surface area contributed by atoms with Gasteiger partial charge in [0.1, 0.15) is 6.29 Å². The minimum Gasteiger partial charge on any atom is -0.565 e. The Morgan fingerprint density at radius 2 is 1.89 bits per heavy atom. The van der Waals surface area contributed by atoms with Gasteiger partial charge in [0, 0.05) is 53.3 Å². The molecule has 0 bridgehead atoms. The molecule has 0 spiro atoms. The average molecular weight is 1140 g/mol. The predicted molar refractivity (Wildman–Crippen MR) is 143 cm³/mol. The zero-order valence-electron chi connectivity index (χ0n) is 23.4. The van der Waals surface area contributed by atoms with Gasteiger partial charge in [-0.1, -0.05) is 33.4 Å². The van der Waals surface area contributed by atoms with Crippen molar-refractivity contribution in [3.8, 4) is 16.2 Å². The topological polar surface area (TPSA) is 112 Å². The molecule has 0 aliphatic carbocycles. The second kappa shape index (κ2) is 22.6. The van der Waals surface area contributed by atoms with Gasteiger partial charge in [-0.2, -0.15) is 6.07 Å². The number of rotatable bonds is 6. The number of hydrogen-bond donors (Lipinski definition) is 3. The number of aromatic hydroxyl groups is 1. The van der Waals surface area contributed by atoms with Crippen molar-refractivity contribution >= 4 is 30.8 Å². The van der Waals surface area contributed by atoms with Crippen molar-refractivity contribution in [2.24, 2.45) is 5.41 Å². The van der Waals surface area contributed by atoms with Gasteiger partial charge in [-0.3, -0.25) is 11.6 Å². The minimum absolute atomic E-state index is 0. The van der Waals surface area contributed by atoms with Crippen molar-refractivity contribution in [1.82, 2.24) is 20.5 Å². The maximum Gasteiger partial charge on any atom is 0.200 e. The van der Waals surface area contributed by atoms with Gasteiger partial charge in [-0.25, -0.2) is 4.98 Å². The fraction of sp³-hybridized carbons (Fsp3) is 0.500. The average Bonchev–Trinajstić information content (AvgIpc) is 3.42. The Balaban J connectivity index is -0.000000236. The number of nitrogens with zero attached hydrogens (tertiary/aromatic N) is 2. The number of likely N-dealkylation sites (tertiary alicyclic amines) is 1. The molecule has 1 aromatic carbocycles. The van der Waals surface area contributed by atoms with E-state index in [-0.39, 0.29) is 58.7 Å². The third-order valence-electron chi connectivity index (χ3n) is 5.61. The van der Waals surface area contributed by atoms with E-state index in [0.29, 0.717) is 12.0 Å². The van der Waals surface area contributed by atoms with E-state index in [9.17, 15) is 14.7 Å². The first-order valence-electron chi connectivity index (χ1n) is 11.4. The van der Waals surface area contributed by atoms with Crippen molar-refractivity contribution in [3.05, 3.63) is 41.5 Å². The number of thiazole rings is 1. The van der Waals surface area contributed by atoms with Gasteiger partial charge in [0.2, 0.25) is 0 Å². The number of phenolic OH excluding ortho intramolecular Hbond substituents is 1. The van der Waals surface area contributed by atoms with Gasteiger partial charge >= 0.3 is 0 Å². The fourth-order valence-electron chi connectivity index (χ4n) is 3.29. The summed E-state index contributed by atoms with van der Waals surface area (Å²) in [5.74, 6) is 0.129. The predicted octanol–water partition coefficient (Wildman–Crippen LogP) is 3.72. The van der Waals surface area contributed by atoms with Crippen LogP contribution in [0.3, 0.4) is 0 Å². The molecule has 38 heavy (non-hydrogen) atoms. The SMILES string of the molecule is CC1CCCN1C.CNC(C=O)C(C)(C)C.Cc1ncsc1-c1ccc([CH-]NC=O)c(O)c1.[CH-]=O.[Re].[Rf].[W]. The second-order valence-corrected chi connectivity index (χ2v) is 10.1. The fourth-order valence-corrected chi connectivity index (χ4v) is 4.09. The Kier molecular flexibility index (Phi) is 25.4. The molecular weight excluding hydrogens is 1100 g/mol. The number of phenols is 1. The van der Waals surface area contributed by atoms with Gasteiger partial charge < -0.3 is 30.2 Å². The second-order valence-electron chi connectivity index (χ2n) is 9.21. The Morgan fingerprint density at radius 3 is 2.18 bits per heavy atom. The number of likely N-dealkylation sites (N-methyl/N-ethyl adjacent to an activating group) is 1. The molecule has 1 saturated heterocycles. The van der Waals surface area contributed by atoms with E-state index in [0.717, 1.165) is 28.5 Å². The maximum absolute atomic E-state index is 10.3. The summed E-state index contributed by atoms with van der Waals surface area (Å²) < 4.78 is 0. The number of aldehydes is 1. The third kappa shape index (κ3) is 15.1. The molecule has 1 aromatic heterocycles. The largest absolute Gasteiger partial charge is 0.565 e. The van der Waals surface area contributed by atoms with Crippen LogP contribution in [-0.4, -0.2) is 67.2 Å². The summed E-state index contributed by atoms with van der Waals surface area (Å²) in [6.45, 7) is 16.3. The Labute approximate surface area is 254 Å². The number of hydrogen-bond acceptors (Lipinski definition) is 8. The summed E-state index contributed by atoms with van der Waals surface area (Å²) in [5, 5.41) is 15.1. The first-order chi connectivity index (χ1) is 16.5. The molecule has 2 heterocycles. The molecule has 2 aromatic rings.